The van der Waals surface area contributed by atoms with E-state index in [1.54, 1.807) is 65.8 Å². The van der Waals surface area contributed by atoms with Gasteiger partial charge in [0.25, 0.3) is 0 Å². The number of carbonyl (C=O) groups excluding carboxylic acids is 6. The summed E-state index contributed by atoms with van der Waals surface area (Å²) in [6.45, 7) is 13.2. The van der Waals surface area contributed by atoms with Crippen LogP contribution in [0.5, 0.6) is 0 Å². The maximum Gasteiger partial charge on any atom is 0.308 e. The fourth-order valence-corrected chi connectivity index (χ4v) is 4.57. The maximum absolute atomic E-state index is 12.9. The SMILES string of the molecule is CC(C)C(=O)OCc1ccc(NC(=O)[C@H](C)NC(=O)[C@@H](NC(=O)CCOCCOCCOCCOCCN2C(=O)CC(C)C2=O)C(C)C)cc1. The molecule has 0 bridgehead atoms. The van der Waals surface area contributed by atoms with E-state index in [1.165, 1.54) is 4.90 Å². The van der Waals surface area contributed by atoms with Gasteiger partial charge < -0.3 is 39.6 Å². The molecule has 1 heterocycles. The molecule has 1 unspecified atom stereocenters. The number of amides is 5. The molecule has 0 radical (unpaired) electrons. The molecule has 1 aliphatic rings. The van der Waals surface area contributed by atoms with Crippen molar-refractivity contribution in [3.63, 3.8) is 0 Å². The summed E-state index contributed by atoms with van der Waals surface area (Å²) in [5.74, 6) is -2.59. The standard InChI is InChI=1S/C35H54N4O11/c1-23(2)31(33(43)36-26(6)32(42)37-28-9-7-27(8-10-28)22-50-35(45)24(3)4)38-29(40)11-13-46-15-17-48-19-20-49-18-16-47-14-12-39-30(41)21-25(5)34(39)44/h7-10,23-26,31H,11-22H2,1-6H3,(H,36,43)(H,37,42)(H,38,40)/t25?,26-,31-/m0/s1. The maximum atomic E-state index is 12.9. The Morgan fingerprint density at radius 2 is 1.34 bits per heavy atom. The first-order valence-electron chi connectivity index (χ1n) is 17.1. The molecule has 1 aromatic rings. The van der Waals surface area contributed by atoms with Crippen molar-refractivity contribution in [1.82, 2.24) is 15.5 Å². The minimum absolute atomic E-state index is 0.0431. The fraction of sp³-hybridized carbons (Fsp3) is 0.657. The van der Waals surface area contributed by atoms with Gasteiger partial charge in [0.15, 0.2) is 0 Å². The van der Waals surface area contributed by atoms with Gasteiger partial charge in [0.2, 0.25) is 29.5 Å². The average Bonchev–Trinajstić information content (AvgIpc) is 3.31. The van der Waals surface area contributed by atoms with E-state index < -0.39 is 23.9 Å². The van der Waals surface area contributed by atoms with E-state index in [-0.39, 0.29) is 87.3 Å². The average molecular weight is 707 g/mol. The molecule has 0 saturated carbocycles. The molecule has 3 atom stereocenters. The Bertz CT molecular complexity index is 1260. The van der Waals surface area contributed by atoms with Crippen LogP contribution in [0.2, 0.25) is 0 Å². The molecule has 1 aliphatic heterocycles. The second-order valence-corrected chi connectivity index (χ2v) is 12.7. The predicted molar refractivity (Wildman–Crippen MR) is 182 cm³/mol. The summed E-state index contributed by atoms with van der Waals surface area (Å²) in [4.78, 5) is 74.6. The number of esters is 1. The lowest BCUT2D eigenvalue weighted by Gasteiger charge is -2.24. The van der Waals surface area contributed by atoms with Crippen LogP contribution >= 0.6 is 0 Å². The van der Waals surface area contributed by atoms with Crippen molar-refractivity contribution in [2.75, 3.05) is 64.7 Å². The molecule has 280 valence electrons. The summed E-state index contributed by atoms with van der Waals surface area (Å²) in [7, 11) is 0. The van der Waals surface area contributed by atoms with Crippen molar-refractivity contribution in [2.45, 2.75) is 73.1 Å². The van der Waals surface area contributed by atoms with Crippen LogP contribution in [-0.2, 0) is 59.1 Å². The highest BCUT2D eigenvalue weighted by molar-refractivity contribution is 6.03. The van der Waals surface area contributed by atoms with Crippen molar-refractivity contribution in [1.29, 1.82) is 0 Å². The molecule has 0 aromatic heterocycles. The molecule has 5 amide bonds. The molecule has 1 fully saturated rings. The van der Waals surface area contributed by atoms with Crippen molar-refractivity contribution >= 4 is 41.2 Å². The van der Waals surface area contributed by atoms with Gasteiger partial charge in [-0.3, -0.25) is 33.7 Å². The lowest BCUT2D eigenvalue weighted by molar-refractivity contribution is -0.148. The molecule has 0 aliphatic carbocycles. The number of imide groups is 1. The van der Waals surface area contributed by atoms with Gasteiger partial charge in [0, 0.05) is 24.4 Å². The molecular weight excluding hydrogens is 652 g/mol. The van der Waals surface area contributed by atoms with Gasteiger partial charge in [-0.2, -0.15) is 0 Å². The fourth-order valence-electron chi connectivity index (χ4n) is 4.57. The lowest BCUT2D eigenvalue weighted by Crippen LogP contribution is -2.53. The van der Waals surface area contributed by atoms with Crippen molar-refractivity contribution < 1.29 is 52.5 Å². The Hall–Kier alpha value is -3.92. The number of rotatable bonds is 24. The second-order valence-electron chi connectivity index (χ2n) is 12.7. The van der Waals surface area contributed by atoms with Crippen LogP contribution in [0.15, 0.2) is 24.3 Å². The molecule has 1 aromatic carbocycles. The smallest absolute Gasteiger partial charge is 0.308 e. The highest BCUT2D eigenvalue weighted by Gasteiger charge is 2.35. The number of carbonyl (C=O) groups is 6. The number of hydrogen-bond donors (Lipinski definition) is 3. The Morgan fingerprint density at radius 3 is 1.86 bits per heavy atom. The van der Waals surface area contributed by atoms with Gasteiger partial charge in [-0.05, 0) is 30.5 Å². The number of nitrogens with zero attached hydrogens (tertiary/aromatic N) is 1. The molecular formula is C35H54N4O11. The number of benzene rings is 1. The van der Waals surface area contributed by atoms with Gasteiger partial charge in [0.1, 0.15) is 18.7 Å². The summed E-state index contributed by atoms with van der Waals surface area (Å²) < 4.78 is 27.0. The number of ether oxygens (including phenoxy) is 5. The zero-order chi connectivity index (χ0) is 37.1. The van der Waals surface area contributed by atoms with Crippen LogP contribution in [0, 0.1) is 17.8 Å². The predicted octanol–water partition coefficient (Wildman–Crippen LogP) is 1.82. The number of nitrogens with one attached hydrogen (secondary N) is 3. The zero-order valence-corrected chi connectivity index (χ0v) is 30.1. The van der Waals surface area contributed by atoms with Gasteiger partial charge in [-0.15, -0.1) is 0 Å². The van der Waals surface area contributed by atoms with E-state index in [0.29, 0.717) is 38.7 Å². The quantitative estimate of drug-likeness (QED) is 0.0809. The first kappa shape index (κ1) is 42.2. The van der Waals surface area contributed by atoms with Gasteiger partial charge >= 0.3 is 5.97 Å². The summed E-state index contributed by atoms with van der Waals surface area (Å²) in [5, 5.41) is 8.12. The van der Waals surface area contributed by atoms with E-state index in [4.69, 9.17) is 23.7 Å². The van der Waals surface area contributed by atoms with E-state index >= 15 is 0 Å². The highest BCUT2D eigenvalue weighted by atomic mass is 16.6. The van der Waals surface area contributed by atoms with Crippen LogP contribution in [-0.4, -0.2) is 112 Å². The first-order chi connectivity index (χ1) is 23.8. The van der Waals surface area contributed by atoms with Gasteiger partial charge in [-0.1, -0.05) is 46.8 Å². The lowest BCUT2D eigenvalue weighted by atomic mass is 10.0. The van der Waals surface area contributed by atoms with E-state index in [1.807, 2.05) is 0 Å². The van der Waals surface area contributed by atoms with E-state index in [2.05, 4.69) is 16.0 Å². The third kappa shape index (κ3) is 15.7. The van der Waals surface area contributed by atoms with Crippen molar-refractivity contribution in [2.24, 2.45) is 17.8 Å². The Balaban J connectivity index is 1.53. The Morgan fingerprint density at radius 1 is 0.780 bits per heavy atom. The summed E-state index contributed by atoms with van der Waals surface area (Å²) in [5.41, 5.74) is 1.29. The van der Waals surface area contributed by atoms with Crippen LogP contribution < -0.4 is 16.0 Å². The molecule has 3 N–H and O–H groups in total. The first-order valence-corrected chi connectivity index (χ1v) is 17.1. The monoisotopic (exact) mass is 706 g/mol. The Kier molecular flexibility index (Phi) is 19.2. The summed E-state index contributed by atoms with van der Waals surface area (Å²) in [6, 6.07) is 5.12. The highest BCUT2D eigenvalue weighted by Crippen LogP contribution is 2.18. The van der Waals surface area contributed by atoms with Crippen LogP contribution in [0.3, 0.4) is 0 Å². The minimum atomic E-state index is -0.871. The molecule has 15 heteroatoms. The van der Waals surface area contributed by atoms with E-state index in [0.717, 1.165) is 5.56 Å². The molecule has 1 saturated heterocycles. The minimum Gasteiger partial charge on any atom is -0.461 e. The third-order valence-electron chi connectivity index (χ3n) is 7.61. The zero-order valence-electron chi connectivity index (χ0n) is 30.1. The molecule has 2 rings (SSSR count). The largest absolute Gasteiger partial charge is 0.461 e. The number of anilines is 1. The van der Waals surface area contributed by atoms with Gasteiger partial charge in [-0.25, -0.2) is 0 Å². The molecule has 15 nitrogen and oxygen atoms in total. The second kappa shape index (κ2) is 22.7. The van der Waals surface area contributed by atoms with E-state index in [9.17, 15) is 28.8 Å². The topological polar surface area (TPSA) is 188 Å². The Labute approximate surface area is 294 Å². The summed E-state index contributed by atoms with van der Waals surface area (Å²) >= 11 is 0. The number of likely N-dealkylation sites (tertiary alicyclic amines) is 1. The van der Waals surface area contributed by atoms with Crippen LogP contribution in [0.25, 0.3) is 0 Å². The van der Waals surface area contributed by atoms with Crippen molar-refractivity contribution in [3.05, 3.63) is 29.8 Å². The number of hydrogen-bond acceptors (Lipinski definition) is 11. The molecule has 0 spiro atoms. The van der Waals surface area contributed by atoms with Crippen molar-refractivity contribution in [3.8, 4) is 0 Å². The van der Waals surface area contributed by atoms with Crippen LogP contribution in [0.4, 0.5) is 5.69 Å². The summed E-state index contributed by atoms with van der Waals surface area (Å²) in [6.07, 6.45) is 0.300. The van der Waals surface area contributed by atoms with Crippen LogP contribution in [0.1, 0.15) is 59.9 Å². The third-order valence-corrected chi connectivity index (χ3v) is 7.61. The molecule has 50 heavy (non-hydrogen) atoms. The normalized spacial score (nSPS) is 15.7. The van der Waals surface area contributed by atoms with Gasteiger partial charge in [0.05, 0.1) is 65.3 Å².